The van der Waals surface area contributed by atoms with E-state index in [1.165, 1.54) is 11.8 Å². The van der Waals surface area contributed by atoms with Crippen LogP contribution in [0.3, 0.4) is 0 Å². The van der Waals surface area contributed by atoms with Gasteiger partial charge in [-0.1, -0.05) is 6.92 Å². The van der Waals surface area contributed by atoms with E-state index in [1.54, 1.807) is 24.3 Å². The Labute approximate surface area is 158 Å². The molecule has 0 aliphatic heterocycles. The molecule has 0 fully saturated rings. The van der Waals surface area contributed by atoms with E-state index in [0.717, 1.165) is 27.6 Å². The van der Waals surface area contributed by atoms with Crippen LogP contribution in [0, 0.1) is 0 Å². The molecule has 130 valence electrons. The van der Waals surface area contributed by atoms with Crippen molar-refractivity contribution in [2.45, 2.75) is 13.3 Å². The van der Waals surface area contributed by atoms with Crippen LogP contribution in [-0.4, -0.2) is 10.9 Å². The van der Waals surface area contributed by atoms with Gasteiger partial charge in [0.25, 0.3) is 5.91 Å². The van der Waals surface area contributed by atoms with Gasteiger partial charge in [0, 0.05) is 11.3 Å². The van der Waals surface area contributed by atoms with Crippen LogP contribution in [0.15, 0.2) is 68.1 Å². The lowest BCUT2D eigenvalue weighted by Gasteiger charge is -2.03. The highest BCUT2D eigenvalue weighted by Crippen LogP contribution is 2.31. The van der Waals surface area contributed by atoms with Crippen LogP contribution < -0.4 is 5.32 Å². The number of aryl methyl sites for hydroxylation is 1. The van der Waals surface area contributed by atoms with Gasteiger partial charge >= 0.3 is 0 Å². The number of oxazole rings is 1. The summed E-state index contributed by atoms with van der Waals surface area (Å²) in [5, 5.41) is 2.78. The molecule has 4 aromatic rings. The molecule has 4 rings (SSSR count). The second kappa shape index (κ2) is 6.80. The molecule has 26 heavy (non-hydrogen) atoms. The maximum atomic E-state index is 12.0. The van der Waals surface area contributed by atoms with Crippen molar-refractivity contribution in [3.63, 3.8) is 0 Å². The summed E-state index contributed by atoms with van der Waals surface area (Å²) in [6.07, 6.45) is 2.40. The first-order valence-electron chi connectivity index (χ1n) is 8.18. The first kappa shape index (κ1) is 16.6. The van der Waals surface area contributed by atoms with Gasteiger partial charge in [0.2, 0.25) is 5.89 Å². The number of halogens is 1. The Morgan fingerprint density at radius 1 is 1.19 bits per heavy atom. The summed E-state index contributed by atoms with van der Waals surface area (Å²) < 4.78 is 11.9. The maximum Gasteiger partial charge on any atom is 0.291 e. The third kappa shape index (κ3) is 3.15. The number of nitrogens with zero attached hydrogens (tertiary/aromatic N) is 1. The molecule has 0 saturated carbocycles. The fraction of sp³-hybridized carbons (Fsp3) is 0.100. The molecule has 0 radical (unpaired) electrons. The topological polar surface area (TPSA) is 68.3 Å². The number of carbonyl (C=O) groups excluding carboxylic acids is 1. The second-order valence-corrected chi connectivity index (χ2v) is 6.66. The summed E-state index contributed by atoms with van der Waals surface area (Å²) in [6, 6.07) is 14.7. The van der Waals surface area contributed by atoms with Crippen LogP contribution in [0.5, 0.6) is 0 Å². The molecular formula is C20H15BrN2O3. The van der Waals surface area contributed by atoms with E-state index in [2.05, 4.69) is 33.2 Å². The minimum absolute atomic E-state index is 0.268. The first-order valence-corrected chi connectivity index (χ1v) is 8.97. The molecule has 0 bridgehead atoms. The number of fused-ring (bicyclic) bond motifs is 1. The molecule has 6 heteroatoms. The van der Waals surface area contributed by atoms with E-state index >= 15 is 0 Å². The molecule has 2 aromatic heterocycles. The zero-order chi connectivity index (χ0) is 18.1. The minimum Gasteiger partial charge on any atom is -0.459 e. The summed E-state index contributed by atoms with van der Waals surface area (Å²) in [7, 11) is 0. The quantitative estimate of drug-likeness (QED) is 0.470. The second-order valence-electron chi connectivity index (χ2n) is 5.81. The van der Waals surface area contributed by atoms with Gasteiger partial charge in [0.05, 0.1) is 10.7 Å². The van der Waals surface area contributed by atoms with E-state index < -0.39 is 0 Å². The highest BCUT2D eigenvalue weighted by molar-refractivity contribution is 9.10. The van der Waals surface area contributed by atoms with Crippen LogP contribution in [0.4, 0.5) is 5.69 Å². The van der Waals surface area contributed by atoms with Crippen LogP contribution in [0.2, 0.25) is 0 Å². The Morgan fingerprint density at radius 2 is 2.00 bits per heavy atom. The largest absolute Gasteiger partial charge is 0.459 e. The average molecular weight is 411 g/mol. The number of nitrogens with one attached hydrogen (secondary N) is 1. The van der Waals surface area contributed by atoms with Gasteiger partial charge in [-0.05, 0) is 76.4 Å². The fourth-order valence-corrected chi connectivity index (χ4v) is 3.25. The van der Waals surface area contributed by atoms with Crippen LogP contribution in [0.1, 0.15) is 23.0 Å². The molecule has 1 N–H and O–H groups in total. The van der Waals surface area contributed by atoms with E-state index in [4.69, 9.17) is 8.83 Å². The molecule has 0 aliphatic rings. The third-order valence-corrected chi connectivity index (χ3v) is 4.64. The van der Waals surface area contributed by atoms with E-state index in [-0.39, 0.29) is 11.7 Å². The molecular weight excluding hydrogens is 396 g/mol. The molecule has 5 nitrogen and oxygen atoms in total. The summed E-state index contributed by atoms with van der Waals surface area (Å²) in [5.41, 5.74) is 4.25. The smallest absolute Gasteiger partial charge is 0.291 e. The summed E-state index contributed by atoms with van der Waals surface area (Å²) in [4.78, 5) is 16.6. The third-order valence-electron chi connectivity index (χ3n) is 4.05. The highest BCUT2D eigenvalue weighted by atomic mass is 79.9. The van der Waals surface area contributed by atoms with Gasteiger partial charge in [0.1, 0.15) is 5.52 Å². The van der Waals surface area contributed by atoms with Crippen molar-refractivity contribution in [2.24, 2.45) is 0 Å². The van der Waals surface area contributed by atoms with Gasteiger partial charge in [-0.2, -0.15) is 0 Å². The lowest BCUT2D eigenvalue weighted by Crippen LogP contribution is -2.10. The average Bonchev–Trinajstić information content (AvgIpc) is 3.32. The Bertz CT molecular complexity index is 1070. The number of carbonyl (C=O) groups is 1. The number of benzene rings is 2. The fourth-order valence-electron chi connectivity index (χ4n) is 2.67. The van der Waals surface area contributed by atoms with Crippen molar-refractivity contribution in [3.8, 4) is 11.5 Å². The molecule has 2 aromatic carbocycles. The molecule has 1 amide bonds. The number of furan rings is 1. The first-order chi connectivity index (χ1) is 12.6. The number of rotatable bonds is 4. The molecule has 0 atom stereocenters. The monoisotopic (exact) mass is 410 g/mol. The highest BCUT2D eigenvalue weighted by Gasteiger charge is 2.13. The Hall–Kier alpha value is -2.86. The summed E-state index contributed by atoms with van der Waals surface area (Å²) in [6.45, 7) is 2.10. The van der Waals surface area contributed by atoms with Gasteiger partial charge in [-0.25, -0.2) is 4.98 Å². The summed E-state index contributed by atoms with van der Waals surface area (Å²) >= 11 is 3.54. The molecule has 0 spiro atoms. The normalized spacial score (nSPS) is 11.0. The van der Waals surface area contributed by atoms with Gasteiger partial charge < -0.3 is 14.2 Å². The number of hydrogen-bond acceptors (Lipinski definition) is 4. The summed E-state index contributed by atoms with van der Waals surface area (Å²) in [5.74, 6) is 0.517. The van der Waals surface area contributed by atoms with Crippen molar-refractivity contribution in [3.05, 3.63) is 70.6 Å². The van der Waals surface area contributed by atoms with Crippen molar-refractivity contribution in [1.82, 2.24) is 4.98 Å². The lowest BCUT2D eigenvalue weighted by molar-refractivity contribution is 0.0996. The zero-order valence-corrected chi connectivity index (χ0v) is 15.5. The molecule has 2 heterocycles. The maximum absolute atomic E-state index is 12.0. The predicted octanol–water partition coefficient (Wildman–Crippen LogP) is 5.67. The lowest BCUT2D eigenvalue weighted by atomic mass is 10.1. The van der Waals surface area contributed by atoms with Gasteiger partial charge in [0.15, 0.2) is 11.3 Å². The number of hydrogen-bond donors (Lipinski definition) is 1. The zero-order valence-electron chi connectivity index (χ0n) is 14.0. The Morgan fingerprint density at radius 3 is 2.69 bits per heavy atom. The van der Waals surface area contributed by atoms with E-state index in [1.807, 2.05) is 24.3 Å². The van der Waals surface area contributed by atoms with Crippen molar-refractivity contribution in [1.29, 1.82) is 0 Å². The number of amides is 1. The molecule has 0 saturated heterocycles. The molecule has 0 aliphatic carbocycles. The number of anilines is 1. The van der Waals surface area contributed by atoms with Gasteiger partial charge in [-0.3, -0.25) is 4.79 Å². The SMILES string of the molecule is CCc1cc(Br)c2oc(-c3ccc(NC(=O)c4ccco4)cc3)nc2c1. The van der Waals surface area contributed by atoms with Gasteiger partial charge in [-0.15, -0.1) is 0 Å². The number of aromatic nitrogens is 1. The van der Waals surface area contributed by atoms with Crippen molar-refractivity contribution in [2.75, 3.05) is 5.32 Å². The minimum atomic E-state index is -0.291. The Kier molecular flexibility index (Phi) is 4.34. The molecule has 0 unspecified atom stereocenters. The van der Waals surface area contributed by atoms with Crippen LogP contribution >= 0.6 is 15.9 Å². The Balaban J connectivity index is 1.59. The van der Waals surface area contributed by atoms with Crippen molar-refractivity contribution < 1.29 is 13.6 Å². The standard InChI is InChI=1S/C20H15BrN2O3/c1-2-12-10-15(21)18-16(11-12)23-20(26-18)13-5-7-14(8-6-13)22-19(24)17-4-3-9-25-17/h3-11H,2H2,1H3,(H,22,24). The van der Waals surface area contributed by atoms with Crippen molar-refractivity contribution >= 4 is 38.6 Å². The van der Waals surface area contributed by atoms with E-state index in [9.17, 15) is 4.79 Å². The predicted molar refractivity (Wildman–Crippen MR) is 103 cm³/mol. The van der Waals surface area contributed by atoms with Crippen LogP contribution in [0.25, 0.3) is 22.6 Å². The van der Waals surface area contributed by atoms with E-state index in [0.29, 0.717) is 11.6 Å². The van der Waals surface area contributed by atoms with Crippen LogP contribution in [-0.2, 0) is 6.42 Å².